The zero-order valence-electron chi connectivity index (χ0n) is 13.8. The molecule has 4 nitrogen and oxygen atoms in total. The first kappa shape index (κ1) is 15.4. The van der Waals surface area contributed by atoms with Crippen molar-refractivity contribution in [2.45, 2.75) is 57.0 Å². The molecule has 126 valence electrons. The van der Waals surface area contributed by atoms with E-state index < -0.39 is 0 Å². The van der Waals surface area contributed by atoms with Gasteiger partial charge in [0, 0.05) is 24.6 Å². The van der Waals surface area contributed by atoms with E-state index in [1.807, 2.05) is 0 Å². The Morgan fingerprint density at radius 3 is 2.46 bits per heavy atom. The molecule has 2 aliphatic carbocycles. The van der Waals surface area contributed by atoms with E-state index in [9.17, 15) is 4.39 Å². The van der Waals surface area contributed by atoms with E-state index in [1.165, 1.54) is 50.7 Å². The zero-order chi connectivity index (χ0) is 16.4. The van der Waals surface area contributed by atoms with E-state index in [1.54, 1.807) is 12.1 Å². The van der Waals surface area contributed by atoms with E-state index in [0.29, 0.717) is 18.5 Å². The van der Waals surface area contributed by atoms with Gasteiger partial charge in [-0.1, -0.05) is 25.0 Å². The topological polar surface area (TPSA) is 49.8 Å². The molecule has 24 heavy (non-hydrogen) atoms. The number of nitrogens with one attached hydrogen (secondary N) is 2. The maximum atomic E-state index is 13.0. The summed E-state index contributed by atoms with van der Waals surface area (Å²) in [6.45, 7) is 0.629. The van der Waals surface area contributed by atoms with Gasteiger partial charge in [0.25, 0.3) is 0 Å². The highest BCUT2D eigenvalue weighted by molar-refractivity contribution is 5.45. The maximum Gasteiger partial charge on any atom is 0.225 e. The standard InChI is InChI=1S/C19H23FN4/c20-15-9-5-13(6-10-15)12-21-18-11-17(14-7-8-14)23-19(24-18)22-16-3-1-2-4-16/h5-6,9-11,14,16H,1-4,7-8,12H2,(H2,21,22,23,24). The van der Waals surface area contributed by atoms with Crippen LogP contribution in [0.3, 0.4) is 0 Å². The van der Waals surface area contributed by atoms with E-state index in [2.05, 4.69) is 21.7 Å². The van der Waals surface area contributed by atoms with Crippen molar-refractivity contribution in [2.24, 2.45) is 0 Å². The highest BCUT2D eigenvalue weighted by Gasteiger charge is 2.26. The quantitative estimate of drug-likeness (QED) is 0.823. The van der Waals surface area contributed by atoms with Crippen LogP contribution in [0.2, 0.25) is 0 Å². The monoisotopic (exact) mass is 326 g/mol. The Labute approximate surface area is 141 Å². The van der Waals surface area contributed by atoms with Crippen LogP contribution in [0.1, 0.15) is 55.7 Å². The molecule has 2 aromatic rings. The van der Waals surface area contributed by atoms with Gasteiger partial charge in [0.2, 0.25) is 5.95 Å². The molecule has 1 aromatic heterocycles. The minimum atomic E-state index is -0.208. The van der Waals surface area contributed by atoms with Crippen LogP contribution in [0.5, 0.6) is 0 Å². The molecule has 0 unspecified atom stereocenters. The summed E-state index contributed by atoms with van der Waals surface area (Å²) in [6.07, 6.45) is 7.42. The number of benzene rings is 1. The fourth-order valence-electron chi connectivity index (χ4n) is 3.26. The Morgan fingerprint density at radius 1 is 1.00 bits per heavy atom. The minimum absolute atomic E-state index is 0.208. The van der Waals surface area contributed by atoms with Crippen LogP contribution in [0.25, 0.3) is 0 Å². The lowest BCUT2D eigenvalue weighted by atomic mass is 10.2. The molecule has 5 heteroatoms. The molecule has 0 spiro atoms. The predicted molar refractivity (Wildman–Crippen MR) is 93.6 cm³/mol. The third kappa shape index (κ3) is 3.83. The van der Waals surface area contributed by atoms with Gasteiger partial charge in [0.15, 0.2) is 0 Å². The van der Waals surface area contributed by atoms with Gasteiger partial charge in [-0.2, -0.15) is 4.98 Å². The zero-order valence-corrected chi connectivity index (χ0v) is 13.8. The lowest BCUT2D eigenvalue weighted by Crippen LogP contribution is -2.17. The van der Waals surface area contributed by atoms with Gasteiger partial charge in [-0.05, 0) is 43.4 Å². The number of nitrogens with zero attached hydrogens (tertiary/aromatic N) is 2. The van der Waals surface area contributed by atoms with Gasteiger partial charge in [0.05, 0.1) is 5.69 Å². The molecular formula is C19H23FN4. The second-order valence-corrected chi connectivity index (χ2v) is 6.88. The number of hydrogen-bond donors (Lipinski definition) is 2. The predicted octanol–water partition coefficient (Wildman–Crippen LogP) is 4.46. The normalized spacial score (nSPS) is 17.9. The molecule has 0 bridgehead atoms. The number of hydrogen-bond acceptors (Lipinski definition) is 4. The SMILES string of the molecule is Fc1ccc(CNc2cc(C3CC3)nc(NC3CCCC3)n2)cc1. The highest BCUT2D eigenvalue weighted by Crippen LogP contribution is 2.40. The Balaban J connectivity index is 1.48. The second-order valence-electron chi connectivity index (χ2n) is 6.88. The molecule has 0 radical (unpaired) electrons. The van der Waals surface area contributed by atoms with Crippen LogP contribution in [0.15, 0.2) is 30.3 Å². The molecular weight excluding hydrogens is 303 g/mol. The largest absolute Gasteiger partial charge is 0.366 e. The molecule has 1 aromatic carbocycles. The fourth-order valence-corrected chi connectivity index (χ4v) is 3.26. The van der Waals surface area contributed by atoms with E-state index in [4.69, 9.17) is 4.98 Å². The summed E-state index contributed by atoms with van der Waals surface area (Å²) < 4.78 is 13.0. The van der Waals surface area contributed by atoms with Crippen molar-refractivity contribution in [1.82, 2.24) is 9.97 Å². The molecule has 1 heterocycles. The number of halogens is 1. The Hall–Kier alpha value is -2.17. The molecule has 4 rings (SSSR count). The van der Waals surface area contributed by atoms with Crippen molar-refractivity contribution in [3.8, 4) is 0 Å². The number of aromatic nitrogens is 2. The first-order valence-corrected chi connectivity index (χ1v) is 8.90. The van der Waals surface area contributed by atoms with Crippen molar-refractivity contribution in [3.05, 3.63) is 47.4 Å². The van der Waals surface area contributed by atoms with Crippen LogP contribution in [-0.4, -0.2) is 16.0 Å². The van der Waals surface area contributed by atoms with Crippen molar-refractivity contribution >= 4 is 11.8 Å². The molecule has 0 aliphatic heterocycles. The Bertz CT molecular complexity index is 691. The first-order valence-electron chi connectivity index (χ1n) is 8.90. The van der Waals surface area contributed by atoms with Crippen LogP contribution >= 0.6 is 0 Å². The van der Waals surface area contributed by atoms with Gasteiger partial charge >= 0.3 is 0 Å². The third-order valence-electron chi connectivity index (χ3n) is 4.82. The molecule has 2 fully saturated rings. The number of anilines is 2. The summed E-state index contributed by atoms with van der Waals surface area (Å²) in [5, 5.41) is 6.85. The third-order valence-corrected chi connectivity index (χ3v) is 4.82. The summed E-state index contributed by atoms with van der Waals surface area (Å²) in [7, 11) is 0. The summed E-state index contributed by atoms with van der Waals surface area (Å²) in [5.41, 5.74) is 2.17. The van der Waals surface area contributed by atoms with Crippen LogP contribution in [0, 0.1) is 5.82 Å². The summed E-state index contributed by atoms with van der Waals surface area (Å²) >= 11 is 0. The summed E-state index contributed by atoms with van der Waals surface area (Å²) in [5.74, 6) is 1.97. The van der Waals surface area contributed by atoms with E-state index >= 15 is 0 Å². The summed E-state index contributed by atoms with van der Waals surface area (Å²) in [6, 6.07) is 9.12. The lowest BCUT2D eigenvalue weighted by molar-refractivity contribution is 0.627. The Morgan fingerprint density at radius 2 is 1.75 bits per heavy atom. The molecule has 2 N–H and O–H groups in total. The van der Waals surface area contributed by atoms with Crippen molar-refractivity contribution in [3.63, 3.8) is 0 Å². The molecule has 0 atom stereocenters. The second kappa shape index (κ2) is 6.75. The van der Waals surface area contributed by atoms with Crippen molar-refractivity contribution in [1.29, 1.82) is 0 Å². The van der Waals surface area contributed by atoms with Gasteiger partial charge in [-0.3, -0.25) is 0 Å². The lowest BCUT2D eigenvalue weighted by Gasteiger charge is -2.14. The van der Waals surface area contributed by atoms with Crippen LogP contribution in [-0.2, 0) is 6.54 Å². The van der Waals surface area contributed by atoms with Gasteiger partial charge in [-0.25, -0.2) is 9.37 Å². The van der Waals surface area contributed by atoms with Crippen LogP contribution < -0.4 is 10.6 Å². The van der Waals surface area contributed by atoms with Gasteiger partial charge in [-0.15, -0.1) is 0 Å². The Kier molecular flexibility index (Phi) is 4.32. The molecule has 0 amide bonds. The maximum absolute atomic E-state index is 13.0. The summed E-state index contributed by atoms with van der Waals surface area (Å²) in [4.78, 5) is 9.35. The fraction of sp³-hybridized carbons (Fsp3) is 0.474. The van der Waals surface area contributed by atoms with Gasteiger partial charge < -0.3 is 10.6 Å². The first-order chi connectivity index (χ1) is 11.8. The average molecular weight is 326 g/mol. The van der Waals surface area contributed by atoms with Crippen molar-refractivity contribution in [2.75, 3.05) is 10.6 Å². The van der Waals surface area contributed by atoms with Gasteiger partial charge in [0.1, 0.15) is 11.6 Å². The molecule has 2 saturated carbocycles. The van der Waals surface area contributed by atoms with Crippen LogP contribution in [0.4, 0.5) is 16.2 Å². The van der Waals surface area contributed by atoms with E-state index in [-0.39, 0.29) is 5.82 Å². The molecule has 2 aliphatic rings. The highest BCUT2D eigenvalue weighted by atomic mass is 19.1. The average Bonchev–Trinajstić information content (AvgIpc) is 3.33. The van der Waals surface area contributed by atoms with E-state index in [0.717, 1.165) is 23.0 Å². The van der Waals surface area contributed by atoms with Crippen molar-refractivity contribution < 1.29 is 4.39 Å². The minimum Gasteiger partial charge on any atom is -0.366 e. The number of rotatable bonds is 6. The smallest absolute Gasteiger partial charge is 0.225 e. The molecule has 0 saturated heterocycles.